The van der Waals surface area contributed by atoms with E-state index in [9.17, 15) is 4.79 Å². The summed E-state index contributed by atoms with van der Waals surface area (Å²) in [4.78, 5) is 22.8. The molecule has 0 aromatic carbocycles. The van der Waals surface area contributed by atoms with Crippen LogP contribution in [-0.2, 0) is 4.74 Å². The Balaban J connectivity index is 1.84. The van der Waals surface area contributed by atoms with E-state index in [2.05, 4.69) is 9.97 Å². The van der Waals surface area contributed by atoms with Gasteiger partial charge >= 0.3 is 0 Å². The summed E-state index contributed by atoms with van der Waals surface area (Å²) in [5, 5.41) is 0. The Morgan fingerprint density at radius 1 is 1.45 bits per heavy atom. The van der Waals surface area contributed by atoms with Crippen LogP contribution in [0.2, 0.25) is 0 Å². The van der Waals surface area contributed by atoms with Crippen LogP contribution in [0.1, 0.15) is 46.7 Å². The van der Waals surface area contributed by atoms with Gasteiger partial charge in [-0.2, -0.15) is 0 Å². The van der Waals surface area contributed by atoms with Crippen LogP contribution >= 0.6 is 0 Å². The topological polar surface area (TPSA) is 68.5 Å². The minimum atomic E-state index is -0.262. The number of rotatable bonds is 6. The van der Waals surface area contributed by atoms with Crippen molar-refractivity contribution in [3.63, 3.8) is 0 Å². The fourth-order valence-electron chi connectivity index (χ4n) is 2.49. The van der Waals surface area contributed by atoms with Crippen LogP contribution in [0.25, 0.3) is 0 Å². The van der Waals surface area contributed by atoms with Gasteiger partial charge in [0.25, 0.3) is 5.91 Å². The molecule has 3 rings (SSSR count). The molecule has 116 valence electrons. The maximum Gasteiger partial charge on any atom is 0.276 e. The Morgan fingerprint density at radius 3 is 2.91 bits per heavy atom. The van der Waals surface area contributed by atoms with Gasteiger partial charge in [-0.1, -0.05) is 6.07 Å². The molecule has 1 aliphatic rings. The van der Waals surface area contributed by atoms with Crippen LogP contribution < -0.4 is 0 Å². The van der Waals surface area contributed by atoms with E-state index in [4.69, 9.17) is 9.15 Å². The van der Waals surface area contributed by atoms with E-state index in [0.717, 1.165) is 18.5 Å². The number of aromatic nitrogens is 2. The number of ether oxygens (including phenoxy) is 1. The normalized spacial score (nSPS) is 15.5. The van der Waals surface area contributed by atoms with Crippen molar-refractivity contribution >= 4 is 5.91 Å². The van der Waals surface area contributed by atoms with Gasteiger partial charge in [0.1, 0.15) is 5.76 Å². The molecule has 1 unspecified atom stereocenters. The number of methoxy groups -OCH3 is 1. The summed E-state index contributed by atoms with van der Waals surface area (Å²) >= 11 is 0. The van der Waals surface area contributed by atoms with E-state index in [-0.39, 0.29) is 11.9 Å². The number of pyridine rings is 1. The molecule has 2 heterocycles. The van der Waals surface area contributed by atoms with E-state index < -0.39 is 0 Å². The molecule has 6 nitrogen and oxygen atoms in total. The first kappa shape index (κ1) is 14.7. The number of hydrogen-bond acceptors (Lipinski definition) is 5. The molecule has 0 spiro atoms. The van der Waals surface area contributed by atoms with E-state index in [0.29, 0.717) is 24.0 Å². The van der Waals surface area contributed by atoms with Crippen LogP contribution in [0, 0.1) is 0 Å². The molecule has 0 bridgehead atoms. The van der Waals surface area contributed by atoms with Gasteiger partial charge in [0.2, 0.25) is 0 Å². The lowest BCUT2D eigenvalue weighted by atomic mass is 10.1. The quantitative estimate of drug-likeness (QED) is 0.819. The van der Waals surface area contributed by atoms with E-state index in [1.807, 2.05) is 18.2 Å². The van der Waals surface area contributed by atoms with Crippen molar-refractivity contribution < 1.29 is 13.9 Å². The fraction of sp³-hybridized carbons (Fsp3) is 0.438. The lowest BCUT2D eigenvalue weighted by Gasteiger charge is -2.26. The number of oxazole rings is 1. The number of amides is 1. The van der Waals surface area contributed by atoms with Crippen molar-refractivity contribution in [1.82, 2.24) is 14.9 Å². The molecular formula is C16H19N3O3. The number of carbonyl (C=O) groups excluding carboxylic acids is 1. The van der Waals surface area contributed by atoms with Crippen LogP contribution in [0.5, 0.6) is 0 Å². The molecule has 1 saturated carbocycles. The van der Waals surface area contributed by atoms with Crippen molar-refractivity contribution in [3.8, 4) is 0 Å². The Kier molecular flexibility index (Phi) is 4.20. The third kappa shape index (κ3) is 2.87. The minimum Gasteiger partial charge on any atom is -0.447 e. The molecule has 0 radical (unpaired) electrons. The van der Waals surface area contributed by atoms with Crippen LogP contribution in [-0.4, -0.2) is 41.5 Å². The van der Waals surface area contributed by atoms with Gasteiger partial charge in [-0.15, -0.1) is 0 Å². The maximum absolute atomic E-state index is 12.8. The fourth-order valence-corrected chi connectivity index (χ4v) is 2.49. The number of nitrogens with zero attached hydrogens (tertiary/aromatic N) is 3. The van der Waals surface area contributed by atoms with Gasteiger partial charge in [-0.25, -0.2) is 4.98 Å². The second-order valence-corrected chi connectivity index (χ2v) is 5.48. The Morgan fingerprint density at radius 2 is 2.27 bits per heavy atom. The van der Waals surface area contributed by atoms with E-state index in [1.54, 1.807) is 25.3 Å². The van der Waals surface area contributed by atoms with Gasteiger partial charge in [0, 0.05) is 26.3 Å². The maximum atomic E-state index is 12.8. The van der Waals surface area contributed by atoms with Gasteiger partial charge in [0.15, 0.2) is 12.1 Å². The zero-order chi connectivity index (χ0) is 15.5. The van der Waals surface area contributed by atoms with Crippen molar-refractivity contribution in [1.29, 1.82) is 0 Å². The first-order valence-electron chi connectivity index (χ1n) is 7.32. The van der Waals surface area contributed by atoms with E-state index in [1.165, 1.54) is 6.39 Å². The highest BCUT2D eigenvalue weighted by Crippen LogP contribution is 2.41. The van der Waals surface area contributed by atoms with Crippen molar-refractivity contribution in [2.45, 2.75) is 24.8 Å². The average molecular weight is 301 g/mol. The summed E-state index contributed by atoms with van der Waals surface area (Å²) in [6.07, 6.45) is 5.17. The summed E-state index contributed by atoms with van der Waals surface area (Å²) in [6.45, 7) is 0.371. The minimum absolute atomic E-state index is 0.164. The van der Waals surface area contributed by atoms with E-state index >= 15 is 0 Å². The smallest absolute Gasteiger partial charge is 0.276 e. The van der Waals surface area contributed by atoms with Gasteiger partial charge in [0.05, 0.1) is 18.3 Å². The number of carbonyl (C=O) groups is 1. The molecule has 2 aromatic heterocycles. The number of likely N-dealkylation sites (N-methyl/N-ethyl adjacent to an activating group) is 1. The molecule has 1 atom stereocenters. The highest BCUT2D eigenvalue weighted by Gasteiger charge is 2.35. The molecule has 22 heavy (non-hydrogen) atoms. The van der Waals surface area contributed by atoms with Gasteiger partial charge in [-0.05, 0) is 25.0 Å². The van der Waals surface area contributed by atoms with Crippen LogP contribution in [0.4, 0.5) is 0 Å². The largest absolute Gasteiger partial charge is 0.447 e. The third-order valence-electron chi connectivity index (χ3n) is 3.89. The highest BCUT2D eigenvalue weighted by atomic mass is 16.5. The predicted octanol–water partition coefficient (Wildman–Crippen LogP) is 2.41. The number of hydrogen-bond donors (Lipinski definition) is 0. The highest BCUT2D eigenvalue weighted by molar-refractivity contribution is 5.93. The molecule has 0 N–H and O–H groups in total. The van der Waals surface area contributed by atoms with Crippen LogP contribution in [0.3, 0.4) is 0 Å². The summed E-state index contributed by atoms with van der Waals surface area (Å²) in [5.41, 5.74) is 1.19. The summed E-state index contributed by atoms with van der Waals surface area (Å²) in [6, 6.07) is 5.37. The molecule has 2 aromatic rings. The van der Waals surface area contributed by atoms with Crippen molar-refractivity contribution in [2.24, 2.45) is 0 Å². The Bertz CT molecular complexity index is 637. The van der Waals surface area contributed by atoms with Gasteiger partial charge in [-0.3, -0.25) is 9.78 Å². The summed E-state index contributed by atoms with van der Waals surface area (Å²) < 4.78 is 10.7. The van der Waals surface area contributed by atoms with Crippen molar-refractivity contribution in [3.05, 3.63) is 47.9 Å². The summed E-state index contributed by atoms with van der Waals surface area (Å²) in [7, 11) is 3.35. The van der Waals surface area contributed by atoms with Gasteiger partial charge < -0.3 is 14.1 Å². The Hall–Kier alpha value is -2.21. The van der Waals surface area contributed by atoms with Crippen LogP contribution in [0.15, 0.2) is 35.2 Å². The molecule has 1 amide bonds. The first-order valence-corrected chi connectivity index (χ1v) is 7.32. The second kappa shape index (κ2) is 6.27. The zero-order valence-corrected chi connectivity index (χ0v) is 12.7. The third-order valence-corrected chi connectivity index (χ3v) is 3.89. The van der Waals surface area contributed by atoms with Crippen molar-refractivity contribution in [2.75, 3.05) is 20.8 Å². The molecule has 6 heteroatoms. The molecule has 1 aliphatic carbocycles. The average Bonchev–Trinajstić information content (AvgIpc) is 3.29. The molecule has 0 saturated heterocycles. The SMILES string of the molecule is COCC(c1ccccn1)N(C)C(=O)c1ncoc1C1CC1. The first-order chi connectivity index (χ1) is 10.7. The Labute approximate surface area is 129 Å². The zero-order valence-electron chi connectivity index (χ0n) is 12.7. The molecule has 0 aliphatic heterocycles. The lowest BCUT2D eigenvalue weighted by Crippen LogP contribution is -2.34. The molecule has 1 fully saturated rings. The predicted molar refractivity (Wildman–Crippen MR) is 79.4 cm³/mol. The molecular weight excluding hydrogens is 282 g/mol. The monoisotopic (exact) mass is 301 g/mol. The standard InChI is InChI=1S/C16H19N3O3/c1-19(13(9-21-2)12-5-3-4-8-17-12)16(20)14-15(11-6-7-11)22-10-18-14/h3-5,8,10-11,13H,6-7,9H2,1-2H3. The lowest BCUT2D eigenvalue weighted by molar-refractivity contribution is 0.0588. The summed E-state index contributed by atoms with van der Waals surface area (Å²) in [5.74, 6) is 0.878. The second-order valence-electron chi connectivity index (χ2n) is 5.48.